The summed E-state index contributed by atoms with van der Waals surface area (Å²) in [5, 5.41) is 2.14. The van der Waals surface area contributed by atoms with Crippen LogP contribution in [0.1, 0.15) is 23.7 Å². The molecule has 2 aromatic heterocycles. The second kappa shape index (κ2) is 6.57. The van der Waals surface area contributed by atoms with Crippen LogP contribution in [0.2, 0.25) is 0 Å². The predicted octanol–water partition coefficient (Wildman–Crippen LogP) is 4.78. The van der Waals surface area contributed by atoms with Crippen molar-refractivity contribution in [3.63, 3.8) is 0 Å². The van der Waals surface area contributed by atoms with Gasteiger partial charge in [0.1, 0.15) is 11.6 Å². The van der Waals surface area contributed by atoms with Crippen LogP contribution in [0.3, 0.4) is 0 Å². The molecule has 1 atom stereocenters. The first-order chi connectivity index (χ1) is 12.5. The van der Waals surface area contributed by atoms with Crippen molar-refractivity contribution in [1.82, 2.24) is 14.5 Å². The zero-order valence-corrected chi connectivity index (χ0v) is 16.0. The van der Waals surface area contributed by atoms with E-state index in [-0.39, 0.29) is 11.9 Å². The number of fused-ring (bicyclic) bond motifs is 2. The number of para-hydroxylation sites is 2. The maximum absolute atomic E-state index is 12.9. The average Bonchev–Trinajstić information content (AvgIpc) is 3.22. The van der Waals surface area contributed by atoms with Gasteiger partial charge in [-0.05, 0) is 43.5 Å². The Labute approximate surface area is 156 Å². The third-order valence-electron chi connectivity index (χ3n) is 4.95. The molecule has 2 aromatic carbocycles. The van der Waals surface area contributed by atoms with Gasteiger partial charge in [-0.2, -0.15) is 0 Å². The van der Waals surface area contributed by atoms with E-state index in [2.05, 4.69) is 28.8 Å². The molecule has 0 saturated heterocycles. The third kappa shape index (κ3) is 2.88. The summed E-state index contributed by atoms with van der Waals surface area (Å²) in [4.78, 5) is 19.4. The molecule has 4 aromatic rings. The van der Waals surface area contributed by atoms with Crippen LogP contribution in [0.5, 0.6) is 0 Å². The molecule has 0 unspecified atom stereocenters. The van der Waals surface area contributed by atoms with Crippen LogP contribution in [0.15, 0.2) is 54.6 Å². The van der Waals surface area contributed by atoms with Crippen LogP contribution >= 0.6 is 11.3 Å². The first-order valence-corrected chi connectivity index (χ1v) is 9.52. The molecule has 1 amide bonds. The van der Waals surface area contributed by atoms with Crippen LogP contribution in [0.4, 0.5) is 0 Å². The Kier molecular flexibility index (Phi) is 4.24. The molecule has 4 rings (SSSR count). The summed E-state index contributed by atoms with van der Waals surface area (Å²) in [6.45, 7) is 4.42. The largest absolute Gasteiger partial charge is 0.335 e. The van der Waals surface area contributed by atoms with Crippen LogP contribution in [0.25, 0.3) is 21.1 Å². The van der Waals surface area contributed by atoms with E-state index in [4.69, 9.17) is 4.98 Å². The minimum absolute atomic E-state index is 0.0537. The van der Waals surface area contributed by atoms with Gasteiger partial charge in [-0.1, -0.05) is 30.3 Å². The lowest BCUT2D eigenvalue weighted by Crippen LogP contribution is -2.32. The number of hydrogen-bond acceptors (Lipinski definition) is 3. The molecule has 0 N–H and O–H groups in total. The van der Waals surface area contributed by atoms with Crippen LogP contribution < -0.4 is 0 Å². The van der Waals surface area contributed by atoms with E-state index in [0.717, 1.165) is 26.4 Å². The van der Waals surface area contributed by atoms with Gasteiger partial charge in [0.05, 0.1) is 16.3 Å². The van der Waals surface area contributed by atoms with Gasteiger partial charge in [-0.15, -0.1) is 11.3 Å². The zero-order valence-electron chi connectivity index (χ0n) is 15.1. The smallest absolute Gasteiger partial charge is 0.242 e. The second-order valence-electron chi connectivity index (χ2n) is 6.63. The maximum Gasteiger partial charge on any atom is 0.242 e. The molecule has 5 heteroatoms. The molecule has 0 aliphatic carbocycles. The Morgan fingerprint density at radius 1 is 1.19 bits per heavy atom. The van der Waals surface area contributed by atoms with Gasteiger partial charge >= 0.3 is 0 Å². The Balaban J connectivity index is 1.58. The molecular formula is C21H21N3OS. The fourth-order valence-corrected chi connectivity index (χ4v) is 4.32. The number of carbonyl (C=O) groups is 1. The summed E-state index contributed by atoms with van der Waals surface area (Å²) in [5.41, 5.74) is 3.19. The highest BCUT2D eigenvalue weighted by Crippen LogP contribution is 2.29. The minimum Gasteiger partial charge on any atom is -0.335 e. The molecule has 4 nitrogen and oxygen atoms in total. The van der Waals surface area contributed by atoms with Crippen molar-refractivity contribution in [2.45, 2.75) is 26.4 Å². The maximum atomic E-state index is 12.9. The van der Waals surface area contributed by atoms with Gasteiger partial charge < -0.3 is 9.47 Å². The number of hydrogen-bond donors (Lipinski definition) is 0. The molecule has 0 fully saturated rings. The van der Waals surface area contributed by atoms with E-state index in [0.29, 0.717) is 6.54 Å². The number of nitrogens with zero attached hydrogens (tertiary/aromatic N) is 3. The Hall–Kier alpha value is -2.66. The number of likely N-dealkylation sites (N-methyl/N-ethyl adjacent to an activating group) is 1. The van der Waals surface area contributed by atoms with Crippen molar-refractivity contribution in [2.24, 2.45) is 0 Å². The first-order valence-electron chi connectivity index (χ1n) is 8.70. The summed E-state index contributed by atoms with van der Waals surface area (Å²) in [5.74, 6) is 0.0845. The molecule has 132 valence electrons. The van der Waals surface area contributed by atoms with Crippen LogP contribution in [0, 0.1) is 6.92 Å². The number of thiazole rings is 1. The lowest BCUT2D eigenvalue weighted by Gasteiger charge is -2.24. The van der Waals surface area contributed by atoms with Crippen LogP contribution in [-0.4, -0.2) is 27.4 Å². The van der Waals surface area contributed by atoms with Crippen molar-refractivity contribution < 1.29 is 4.79 Å². The van der Waals surface area contributed by atoms with Crippen LogP contribution in [-0.2, 0) is 11.3 Å². The first kappa shape index (κ1) is 16.8. The fourth-order valence-electron chi connectivity index (χ4n) is 3.26. The highest BCUT2D eigenvalue weighted by Gasteiger charge is 2.21. The zero-order chi connectivity index (χ0) is 18.3. The second-order valence-corrected chi connectivity index (χ2v) is 7.69. The summed E-state index contributed by atoms with van der Waals surface area (Å²) >= 11 is 1.65. The molecule has 2 heterocycles. The number of benzene rings is 2. The normalized spacial score (nSPS) is 12.6. The Morgan fingerprint density at radius 2 is 1.92 bits per heavy atom. The van der Waals surface area contributed by atoms with E-state index >= 15 is 0 Å². The molecular weight excluding hydrogens is 342 g/mol. The predicted molar refractivity (Wildman–Crippen MR) is 107 cm³/mol. The molecule has 0 aliphatic heterocycles. The van der Waals surface area contributed by atoms with Gasteiger partial charge in [-0.3, -0.25) is 4.79 Å². The fraction of sp³-hybridized carbons (Fsp3) is 0.238. The summed E-state index contributed by atoms with van der Waals surface area (Å²) in [6.07, 6.45) is 0. The van der Waals surface area contributed by atoms with Gasteiger partial charge in [0.15, 0.2) is 0 Å². The SMILES string of the molecule is Cc1cc2ccccc2n1CC(=O)N(C)[C@H](C)c1nc2ccccc2s1. The van der Waals surface area contributed by atoms with Gasteiger partial charge in [0, 0.05) is 18.3 Å². The number of aryl methyl sites for hydroxylation is 1. The quantitative estimate of drug-likeness (QED) is 0.523. The molecule has 26 heavy (non-hydrogen) atoms. The lowest BCUT2D eigenvalue weighted by molar-refractivity contribution is -0.132. The molecule has 0 spiro atoms. The Morgan fingerprint density at radius 3 is 2.73 bits per heavy atom. The average molecular weight is 363 g/mol. The lowest BCUT2D eigenvalue weighted by atomic mass is 10.2. The topological polar surface area (TPSA) is 38.1 Å². The minimum atomic E-state index is -0.0537. The van der Waals surface area contributed by atoms with E-state index in [1.54, 1.807) is 16.2 Å². The number of aromatic nitrogens is 2. The highest BCUT2D eigenvalue weighted by atomic mass is 32.1. The molecule has 0 aliphatic rings. The van der Waals surface area contributed by atoms with E-state index in [1.165, 1.54) is 5.39 Å². The van der Waals surface area contributed by atoms with Crippen molar-refractivity contribution >= 4 is 38.4 Å². The standard InChI is InChI=1S/C21H21N3OS/c1-14-12-16-8-4-6-10-18(16)24(14)13-20(25)23(3)15(2)21-22-17-9-5-7-11-19(17)26-21/h4-12,15H,13H2,1-3H3/t15-/m1/s1. The number of amides is 1. The molecule has 0 bridgehead atoms. The van der Waals surface area contributed by atoms with Crippen molar-refractivity contribution in [3.05, 3.63) is 65.3 Å². The van der Waals surface area contributed by atoms with Crippen molar-refractivity contribution in [2.75, 3.05) is 7.05 Å². The highest BCUT2D eigenvalue weighted by molar-refractivity contribution is 7.18. The van der Waals surface area contributed by atoms with E-state index in [1.807, 2.05) is 51.2 Å². The van der Waals surface area contributed by atoms with E-state index in [9.17, 15) is 4.79 Å². The number of rotatable bonds is 4. The Bertz CT molecular complexity index is 1060. The van der Waals surface area contributed by atoms with Gasteiger partial charge in [0.25, 0.3) is 0 Å². The third-order valence-corrected chi connectivity index (χ3v) is 6.16. The van der Waals surface area contributed by atoms with E-state index < -0.39 is 0 Å². The summed E-state index contributed by atoms with van der Waals surface area (Å²) in [6, 6.07) is 18.3. The molecule has 0 radical (unpaired) electrons. The summed E-state index contributed by atoms with van der Waals surface area (Å²) < 4.78 is 3.24. The van der Waals surface area contributed by atoms with Gasteiger partial charge in [-0.25, -0.2) is 4.98 Å². The molecule has 0 saturated carbocycles. The van der Waals surface area contributed by atoms with Crippen molar-refractivity contribution in [1.29, 1.82) is 0 Å². The monoisotopic (exact) mass is 363 g/mol. The summed E-state index contributed by atoms with van der Waals surface area (Å²) in [7, 11) is 1.86. The van der Waals surface area contributed by atoms with Crippen molar-refractivity contribution in [3.8, 4) is 0 Å². The van der Waals surface area contributed by atoms with Gasteiger partial charge in [0.2, 0.25) is 5.91 Å². The number of carbonyl (C=O) groups excluding carboxylic acids is 1.